The van der Waals surface area contributed by atoms with Gasteiger partial charge in [0.1, 0.15) is 0 Å². The molecule has 0 bridgehead atoms. The van der Waals surface area contributed by atoms with Crippen LogP contribution in [-0.2, 0) is 17.8 Å². The van der Waals surface area contributed by atoms with Crippen LogP contribution in [0.3, 0.4) is 0 Å². The average molecular weight is 245 g/mol. The van der Waals surface area contributed by atoms with Crippen LogP contribution in [0, 0.1) is 0 Å². The van der Waals surface area contributed by atoms with Gasteiger partial charge in [-0.1, -0.05) is 0 Å². The van der Waals surface area contributed by atoms with E-state index in [0.29, 0.717) is 30.1 Å². The van der Waals surface area contributed by atoms with Crippen molar-refractivity contribution in [3.05, 3.63) is 33.6 Å². The van der Waals surface area contributed by atoms with Gasteiger partial charge in [-0.3, -0.25) is 4.79 Å². The van der Waals surface area contributed by atoms with Crippen LogP contribution in [-0.4, -0.2) is 18.4 Å². The molecule has 0 amide bonds. The fourth-order valence-electron chi connectivity index (χ4n) is 2.49. The minimum atomic E-state index is 0.0248. The van der Waals surface area contributed by atoms with Crippen molar-refractivity contribution in [1.82, 2.24) is 4.98 Å². The Kier molecular flexibility index (Phi) is 1.93. The molecule has 2 aliphatic rings. The molecule has 3 heterocycles. The number of hydrogen-bond donors (Lipinski definition) is 1. The van der Waals surface area contributed by atoms with Crippen molar-refractivity contribution in [2.45, 2.75) is 13.0 Å². The van der Waals surface area contributed by atoms with E-state index in [2.05, 4.69) is 4.98 Å². The largest absolute Gasteiger partial charge is 0.454 e. The van der Waals surface area contributed by atoms with Gasteiger partial charge in [0.2, 0.25) is 6.79 Å². The lowest BCUT2D eigenvalue weighted by molar-refractivity contribution is 0.109. The van der Waals surface area contributed by atoms with Crippen LogP contribution in [0.15, 0.2) is 16.9 Å². The summed E-state index contributed by atoms with van der Waals surface area (Å²) in [6.45, 7) is 1.25. The topological polar surface area (TPSA) is 60.6 Å². The number of fused-ring (bicyclic) bond motifs is 3. The number of nitrogens with one attached hydrogen (secondary N) is 1. The Bertz CT molecular complexity index is 704. The van der Waals surface area contributed by atoms with Crippen LogP contribution >= 0.6 is 0 Å². The van der Waals surface area contributed by atoms with Gasteiger partial charge in [0, 0.05) is 29.1 Å². The number of rotatable bonds is 0. The lowest BCUT2D eigenvalue weighted by Crippen LogP contribution is -2.21. The quantitative estimate of drug-likeness (QED) is 0.760. The van der Waals surface area contributed by atoms with E-state index in [9.17, 15) is 4.79 Å². The Morgan fingerprint density at radius 3 is 2.89 bits per heavy atom. The second-order valence-corrected chi connectivity index (χ2v) is 4.46. The molecule has 1 N–H and O–H groups in total. The fourth-order valence-corrected chi connectivity index (χ4v) is 2.49. The predicted molar refractivity (Wildman–Crippen MR) is 64.1 cm³/mol. The van der Waals surface area contributed by atoms with Gasteiger partial charge in [-0.2, -0.15) is 0 Å². The normalized spacial score (nSPS) is 16.9. The maximum Gasteiger partial charge on any atom is 0.231 e. The molecule has 5 nitrogen and oxygen atoms in total. The Morgan fingerprint density at radius 1 is 1.17 bits per heavy atom. The Morgan fingerprint density at radius 2 is 2.00 bits per heavy atom. The summed E-state index contributed by atoms with van der Waals surface area (Å²) in [5, 5.41) is 0.628. The number of aromatic nitrogens is 1. The van der Waals surface area contributed by atoms with Crippen molar-refractivity contribution in [2.24, 2.45) is 0 Å². The van der Waals surface area contributed by atoms with E-state index in [1.807, 2.05) is 6.07 Å². The Balaban J connectivity index is 2.07. The van der Waals surface area contributed by atoms with Crippen LogP contribution in [0.25, 0.3) is 10.9 Å². The van der Waals surface area contributed by atoms with Crippen LogP contribution in [0.1, 0.15) is 11.3 Å². The molecule has 0 radical (unpaired) electrons. The Labute approximate surface area is 102 Å². The zero-order valence-corrected chi connectivity index (χ0v) is 9.62. The van der Waals surface area contributed by atoms with Crippen molar-refractivity contribution in [3.63, 3.8) is 0 Å². The zero-order valence-electron chi connectivity index (χ0n) is 9.62. The van der Waals surface area contributed by atoms with Crippen LogP contribution < -0.4 is 14.9 Å². The monoisotopic (exact) mass is 245 g/mol. The standard InChI is InChI=1S/C13H11NO4/c15-13-7-3-11-12(18-6-17-11)4-10(7)14-9-1-2-16-5-8(9)13/h3-4H,1-2,5-6H2,(H,14,15). The number of ether oxygens (including phenoxy) is 3. The maximum absolute atomic E-state index is 12.4. The summed E-state index contributed by atoms with van der Waals surface area (Å²) in [6, 6.07) is 3.57. The summed E-state index contributed by atoms with van der Waals surface area (Å²) in [5.74, 6) is 1.31. The molecule has 0 unspecified atom stereocenters. The number of H-pyrrole nitrogens is 1. The predicted octanol–water partition coefficient (Wildman–Crippen LogP) is 1.33. The smallest absolute Gasteiger partial charge is 0.231 e. The minimum absolute atomic E-state index is 0.0248. The van der Waals surface area contributed by atoms with Crippen LogP contribution in [0.5, 0.6) is 11.5 Å². The second kappa shape index (κ2) is 3.49. The molecule has 5 heteroatoms. The lowest BCUT2D eigenvalue weighted by Gasteiger charge is -2.16. The first kappa shape index (κ1) is 9.96. The molecule has 0 aliphatic carbocycles. The molecule has 2 aliphatic heterocycles. The third kappa shape index (κ3) is 1.28. The van der Waals surface area contributed by atoms with Gasteiger partial charge in [-0.15, -0.1) is 0 Å². The highest BCUT2D eigenvalue weighted by Crippen LogP contribution is 2.35. The van der Waals surface area contributed by atoms with Gasteiger partial charge in [-0.05, 0) is 6.07 Å². The maximum atomic E-state index is 12.4. The number of aromatic amines is 1. The molecule has 92 valence electrons. The van der Waals surface area contributed by atoms with Crippen molar-refractivity contribution in [2.75, 3.05) is 13.4 Å². The van der Waals surface area contributed by atoms with Gasteiger partial charge in [0.15, 0.2) is 16.9 Å². The summed E-state index contributed by atoms with van der Waals surface area (Å²) >= 11 is 0. The van der Waals surface area contributed by atoms with Crippen molar-refractivity contribution in [3.8, 4) is 11.5 Å². The summed E-state index contributed by atoms with van der Waals surface area (Å²) in [4.78, 5) is 15.7. The number of hydrogen-bond acceptors (Lipinski definition) is 4. The van der Waals surface area contributed by atoms with Crippen LogP contribution in [0.4, 0.5) is 0 Å². The highest BCUT2D eigenvalue weighted by atomic mass is 16.7. The van der Waals surface area contributed by atoms with Crippen molar-refractivity contribution >= 4 is 10.9 Å². The van der Waals surface area contributed by atoms with E-state index in [4.69, 9.17) is 14.2 Å². The summed E-state index contributed by atoms with van der Waals surface area (Å²) in [7, 11) is 0. The van der Waals surface area contributed by atoms with Gasteiger partial charge in [-0.25, -0.2) is 0 Å². The SMILES string of the molecule is O=c1c2c([nH]c3cc4c(cc13)OCO4)CCOC2. The molecule has 1 aromatic carbocycles. The van der Waals surface area contributed by atoms with Gasteiger partial charge in [0.05, 0.1) is 18.7 Å². The van der Waals surface area contributed by atoms with E-state index in [0.717, 1.165) is 23.2 Å². The zero-order chi connectivity index (χ0) is 12.1. The Hall–Kier alpha value is -2.01. The third-order valence-corrected chi connectivity index (χ3v) is 3.42. The van der Waals surface area contributed by atoms with Crippen LogP contribution in [0.2, 0.25) is 0 Å². The molecule has 4 rings (SSSR count). The molecular formula is C13H11NO4. The number of pyridine rings is 1. The van der Waals surface area contributed by atoms with E-state index in [1.165, 1.54) is 0 Å². The van der Waals surface area contributed by atoms with Gasteiger partial charge in [0.25, 0.3) is 0 Å². The third-order valence-electron chi connectivity index (χ3n) is 3.42. The van der Waals surface area contributed by atoms with E-state index in [-0.39, 0.29) is 12.2 Å². The molecular weight excluding hydrogens is 234 g/mol. The summed E-state index contributed by atoms with van der Waals surface area (Å²) in [6.07, 6.45) is 0.745. The highest BCUT2D eigenvalue weighted by molar-refractivity contribution is 5.83. The van der Waals surface area contributed by atoms with E-state index in [1.54, 1.807) is 6.07 Å². The lowest BCUT2D eigenvalue weighted by atomic mass is 10.1. The molecule has 0 saturated heterocycles. The van der Waals surface area contributed by atoms with Crippen molar-refractivity contribution in [1.29, 1.82) is 0 Å². The summed E-state index contributed by atoms with van der Waals surface area (Å²) in [5.41, 5.74) is 2.52. The fraction of sp³-hybridized carbons (Fsp3) is 0.308. The molecule has 1 aromatic heterocycles. The first-order chi connectivity index (χ1) is 8.83. The molecule has 0 saturated carbocycles. The minimum Gasteiger partial charge on any atom is -0.454 e. The molecule has 0 spiro atoms. The summed E-state index contributed by atoms with van der Waals surface area (Å²) < 4.78 is 16.0. The molecule has 2 aromatic rings. The first-order valence-electron chi connectivity index (χ1n) is 5.88. The molecule has 0 atom stereocenters. The molecule has 18 heavy (non-hydrogen) atoms. The van der Waals surface area contributed by atoms with E-state index >= 15 is 0 Å². The number of benzene rings is 1. The first-order valence-corrected chi connectivity index (χ1v) is 5.88. The highest BCUT2D eigenvalue weighted by Gasteiger charge is 2.20. The second-order valence-electron chi connectivity index (χ2n) is 4.46. The van der Waals surface area contributed by atoms with Gasteiger partial charge >= 0.3 is 0 Å². The van der Waals surface area contributed by atoms with E-state index < -0.39 is 0 Å². The van der Waals surface area contributed by atoms with Crippen molar-refractivity contribution < 1.29 is 14.2 Å². The van der Waals surface area contributed by atoms with Gasteiger partial charge < -0.3 is 19.2 Å². The average Bonchev–Trinajstić information content (AvgIpc) is 2.84. The molecule has 0 fully saturated rings.